The van der Waals surface area contributed by atoms with Gasteiger partial charge in [0.2, 0.25) is 0 Å². The highest BCUT2D eigenvalue weighted by molar-refractivity contribution is 5.66. The van der Waals surface area contributed by atoms with Gasteiger partial charge in [0.1, 0.15) is 0 Å². The maximum atomic E-state index is 10.6. The Hall–Kier alpha value is -0.790. The number of unbranched alkanes of at least 4 members (excludes halogenated alkanes) is 20. The van der Waals surface area contributed by atoms with Gasteiger partial charge in [0, 0.05) is 6.92 Å². The first kappa shape index (κ1) is 27.2. The second-order valence-corrected chi connectivity index (χ2v) is 8.49. The fraction of sp³-hybridized carbons (Fsp3) is 0.885. The van der Waals surface area contributed by atoms with Crippen molar-refractivity contribution in [3.63, 3.8) is 0 Å². The van der Waals surface area contributed by atoms with Crippen LogP contribution in [0.5, 0.6) is 0 Å². The van der Waals surface area contributed by atoms with Crippen molar-refractivity contribution in [3.05, 3.63) is 12.3 Å². The maximum Gasteiger partial charge on any atom is 0.307 e. The summed E-state index contributed by atoms with van der Waals surface area (Å²) < 4.78 is 4.77. The van der Waals surface area contributed by atoms with Crippen molar-refractivity contribution in [2.75, 3.05) is 0 Å². The van der Waals surface area contributed by atoms with E-state index in [-0.39, 0.29) is 5.97 Å². The van der Waals surface area contributed by atoms with Gasteiger partial charge >= 0.3 is 5.97 Å². The molecule has 0 radical (unpaired) electrons. The summed E-state index contributed by atoms with van der Waals surface area (Å²) in [5, 5.41) is 0. The topological polar surface area (TPSA) is 26.3 Å². The van der Waals surface area contributed by atoms with E-state index in [9.17, 15) is 4.79 Å². The average Bonchev–Trinajstić information content (AvgIpc) is 2.68. The molecule has 0 saturated carbocycles. The summed E-state index contributed by atoms with van der Waals surface area (Å²) in [6.07, 6.45) is 32.8. The lowest BCUT2D eigenvalue weighted by molar-refractivity contribution is -0.135. The molecule has 0 bridgehead atoms. The molecule has 0 aliphatic heterocycles. The van der Waals surface area contributed by atoms with Crippen LogP contribution >= 0.6 is 0 Å². The van der Waals surface area contributed by atoms with Crippen molar-refractivity contribution in [1.29, 1.82) is 0 Å². The first-order chi connectivity index (χ1) is 13.8. The molecule has 2 heteroatoms. The Bertz CT molecular complexity index is 335. The minimum absolute atomic E-state index is 0.236. The Labute approximate surface area is 176 Å². The summed E-state index contributed by atoms with van der Waals surface area (Å²) in [6.45, 7) is 3.72. The summed E-state index contributed by atoms with van der Waals surface area (Å²) in [7, 11) is 0. The second-order valence-electron chi connectivity index (χ2n) is 8.49. The zero-order valence-electron chi connectivity index (χ0n) is 19.3. The number of ether oxygens (including phenoxy) is 1. The predicted molar refractivity (Wildman–Crippen MR) is 124 cm³/mol. The largest absolute Gasteiger partial charge is 0.435 e. The van der Waals surface area contributed by atoms with Gasteiger partial charge in [0.25, 0.3) is 0 Å². The van der Waals surface area contributed by atoms with Crippen molar-refractivity contribution < 1.29 is 9.53 Å². The van der Waals surface area contributed by atoms with Crippen LogP contribution in [0.1, 0.15) is 149 Å². The smallest absolute Gasteiger partial charge is 0.307 e. The molecule has 28 heavy (non-hydrogen) atoms. The Morgan fingerprint density at radius 3 is 1.21 bits per heavy atom. The van der Waals surface area contributed by atoms with Crippen LogP contribution in [0, 0.1) is 0 Å². The molecule has 0 unspecified atom stereocenters. The van der Waals surface area contributed by atoms with Crippen LogP contribution in [-0.4, -0.2) is 5.97 Å². The first-order valence-corrected chi connectivity index (χ1v) is 12.6. The summed E-state index contributed by atoms with van der Waals surface area (Å²) in [5.74, 6) is -0.236. The number of hydrogen-bond acceptors (Lipinski definition) is 2. The maximum absolute atomic E-state index is 10.6. The van der Waals surface area contributed by atoms with E-state index in [1.54, 1.807) is 0 Å². The molecule has 0 heterocycles. The van der Waals surface area contributed by atoms with E-state index in [1.807, 2.05) is 6.08 Å². The lowest BCUT2D eigenvalue weighted by Crippen LogP contribution is -1.89. The fourth-order valence-electron chi connectivity index (χ4n) is 3.73. The van der Waals surface area contributed by atoms with Gasteiger partial charge in [0.15, 0.2) is 0 Å². The molecular weight excluding hydrogens is 344 g/mol. The first-order valence-electron chi connectivity index (χ1n) is 12.6. The van der Waals surface area contributed by atoms with Crippen molar-refractivity contribution >= 4 is 5.97 Å². The van der Waals surface area contributed by atoms with Gasteiger partial charge < -0.3 is 4.74 Å². The molecule has 0 saturated heterocycles. The van der Waals surface area contributed by atoms with E-state index in [2.05, 4.69) is 6.92 Å². The normalized spacial score (nSPS) is 11.4. The molecule has 0 rings (SSSR count). The van der Waals surface area contributed by atoms with E-state index in [1.165, 1.54) is 142 Å². The number of allylic oxidation sites excluding steroid dienone is 1. The molecular formula is C26H50O2. The fourth-order valence-corrected chi connectivity index (χ4v) is 3.73. The summed E-state index contributed by atoms with van der Waals surface area (Å²) in [4.78, 5) is 10.6. The minimum atomic E-state index is -0.236. The highest BCUT2D eigenvalue weighted by atomic mass is 16.5. The van der Waals surface area contributed by atoms with Crippen molar-refractivity contribution in [1.82, 2.24) is 0 Å². The van der Waals surface area contributed by atoms with Crippen LogP contribution in [0.4, 0.5) is 0 Å². The third-order valence-corrected chi connectivity index (χ3v) is 5.55. The van der Waals surface area contributed by atoms with Gasteiger partial charge in [-0.1, -0.05) is 129 Å². The molecule has 0 aromatic rings. The Kier molecular flexibility index (Phi) is 23.6. The Morgan fingerprint density at radius 2 is 0.893 bits per heavy atom. The zero-order valence-corrected chi connectivity index (χ0v) is 19.3. The van der Waals surface area contributed by atoms with Crippen LogP contribution in [0.2, 0.25) is 0 Å². The lowest BCUT2D eigenvalue weighted by atomic mass is 10.0. The van der Waals surface area contributed by atoms with E-state index >= 15 is 0 Å². The molecule has 0 aromatic carbocycles. The number of esters is 1. The van der Waals surface area contributed by atoms with Crippen molar-refractivity contribution in [3.8, 4) is 0 Å². The van der Waals surface area contributed by atoms with Crippen LogP contribution in [0.3, 0.4) is 0 Å². The van der Waals surface area contributed by atoms with E-state index < -0.39 is 0 Å². The number of carbonyl (C=O) groups excluding carboxylic acids is 1. The Balaban J connectivity index is 3.03. The SMILES string of the molecule is CCCCCCCCCCCCCCCCCCCCCCC=COC(C)=O. The van der Waals surface area contributed by atoms with Crippen LogP contribution in [0.25, 0.3) is 0 Å². The van der Waals surface area contributed by atoms with Gasteiger partial charge in [0.05, 0.1) is 6.26 Å². The Morgan fingerprint density at radius 1 is 0.571 bits per heavy atom. The van der Waals surface area contributed by atoms with E-state index in [0.29, 0.717) is 0 Å². The molecule has 0 fully saturated rings. The third kappa shape index (κ3) is 25.2. The predicted octanol–water partition coefficient (Wildman–Crippen LogP) is 9.28. The molecule has 166 valence electrons. The van der Waals surface area contributed by atoms with Crippen molar-refractivity contribution in [2.45, 2.75) is 149 Å². The minimum Gasteiger partial charge on any atom is -0.435 e. The van der Waals surface area contributed by atoms with Gasteiger partial charge in [-0.2, -0.15) is 0 Å². The van der Waals surface area contributed by atoms with Crippen LogP contribution < -0.4 is 0 Å². The monoisotopic (exact) mass is 394 g/mol. The van der Waals surface area contributed by atoms with E-state index in [4.69, 9.17) is 4.74 Å². The molecule has 0 atom stereocenters. The number of carbonyl (C=O) groups is 1. The summed E-state index contributed by atoms with van der Waals surface area (Å²) in [6, 6.07) is 0. The number of rotatable bonds is 22. The molecule has 0 N–H and O–H groups in total. The van der Waals surface area contributed by atoms with E-state index in [0.717, 1.165) is 6.42 Å². The van der Waals surface area contributed by atoms with Gasteiger partial charge in [-0.3, -0.25) is 4.79 Å². The van der Waals surface area contributed by atoms with Gasteiger partial charge in [-0.05, 0) is 18.9 Å². The second kappa shape index (κ2) is 24.2. The molecule has 0 spiro atoms. The highest BCUT2D eigenvalue weighted by Crippen LogP contribution is 2.15. The standard InChI is InChI=1S/C26H50O2/c1-3-4-5-6-7-8-9-10-11-12-13-14-15-16-17-18-19-20-21-22-23-24-25-28-26(2)27/h24-25H,3-23H2,1-2H3. The molecule has 0 aliphatic carbocycles. The third-order valence-electron chi connectivity index (χ3n) is 5.55. The van der Waals surface area contributed by atoms with Gasteiger partial charge in [-0.15, -0.1) is 0 Å². The van der Waals surface area contributed by atoms with Crippen LogP contribution in [-0.2, 0) is 9.53 Å². The zero-order chi connectivity index (χ0) is 20.5. The quantitative estimate of drug-likeness (QED) is 0.104. The highest BCUT2D eigenvalue weighted by Gasteiger charge is 1.95. The summed E-state index contributed by atoms with van der Waals surface area (Å²) >= 11 is 0. The van der Waals surface area contributed by atoms with Crippen molar-refractivity contribution in [2.24, 2.45) is 0 Å². The molecule has 0 aromatic heterocycles. The molecule has 0 amide bonds. The lowest BCUT2D eigenvalue weighted by Gasteiger charge is -2.04. The molecule has 0 aliphatic rings. The number of hydrogen-bond donors (Lipinski definition) is 0. The summed E-state index contributed by atoms with van der Waals surface area (Å²) in [5.41, 5.74) is 0. The average molecular weight is 395 g/mol. The van der Waals surface area contributed by atoms with Gasteiger partial charge in [-0.25, -0.2) is 0 Å². The molecule has 2 nitrogen and oxygen atoms in total. The van der Waals surface area contributed by atoms with Crippen LogP contribution in [0.15, 0.2) is 12.3 Å².